The van der Waals surface area contributed by atoms with Crippen molar-refractivity contribution in [1.82, 2.24) is 19.9 Å². The van der Waals surface area contributed by atoms with Gasteiger partial charge < -0.3 is 4.98 Å². The van der Waals surface area contributed by atoms with Gasteiger partial charge in [-0.3, -0.25) is 4.79 Å². The Kier molecular flexibility index (Phi) is 7.36. The van der Waals surface area contributed by atoms with Gasteiger partial charge in [-0.25, -0.2) is 50.1 Å². The summed E-state index contributed by atoms with van der Waals surface area (Å²) in [7, 11) is 0. The smallest absolute Gasteiger partial charge is 0.261 e. The summed E-state index contributed by atoms with van der Waals surface area (Å²) in [6.45, 7) is 6.10. The highest BCUT2D eigenvalue weighted by atomic mass is 19.2. The van der Waals surface area contributed by atoms with E-state index in [1.54, 1.807) is 6.07 Å². The van der Waals surface area contributed by atoms with Gasteiger partial charge in [0.1, 0.15) is 22.7 Å². The van der Waals surface area contributed by atoms with Crippen LogP contribution < -0.4 is 5.56 Å². The number of nitrogens with one attached hydrogen (secondary N) is 1. The molecule has 43 heavy (non-hydrogen) atoms. The van der Waals surface area contributed by atoms with Crippen LogP contribution in [0.15, 0.2) is 53.8 Å². The van der Waals surface area contributed by atoms with Gasteiger partial charge in [0.2, 0.25) is 0 Å². The third-order valence-electron chi connectivity index (χ3n) is 6.65. The van der Waals surface area contributed by atoms with Crippen molar-refractivity contribution in [2.75, 3.05) is 0 Å². The van der Waals surface area contributed by atoms with Crippen molar-refractivity contribution >= 4 is 32.6 Å². The van der Waals surface area contributed by atoms with Crippen LogP contribution in [0.1, 0.15) is 26.3 Å². The van der Waals surface area contributed by atoms with Gasteiger partial charge in [-0.1, -0.05) is 45.0 Å². The lowest BCUT2D eigenvalue weighted by Gasteiger charge is -2.23. The summed E-state index contributed by atoms with van der Waals surface area (Å²) in [6, 6.07) is 11.3. The normalized spacial score (nSPS) is 11.7. The number of H-pyrrole nitrogens is 1. The van der Waals surface area contributed by atoms with Gasteiger partial charge >= 0.3 is 0 Å². The molecule has 0 saturated carbocycles. The first-order chi connectivity index (χ1) is 20.2. The second-order valence-corrected chi connectivity index (χ2v) is 10.4. The number of aromatic nitrogens is 4. The van der Waals surface area contributed by atoms with Crippen molar-refractivity contribution < 1.29 is 35.1 Å². The molecule has 2 aromatic heterocycles. The highest BCUT2D eigenvalue weighted by molar-refractivity contribution is 5.97. The molecule has 6 rings (SSSR count). The van der Waals surface area contributed by atoms with E-state index in [0.29, 0.717) is 5.56 Å². The van der Waals surface area contributed by atoms with E-state index in [-0.39, 0.29) is 11.1 Å². The van der Waals surface area contributed by atoms with Crippen LogP contribution in [-0.2, 0) is 5.41 Å². The van der Waals surface area contributed by atoms with Crippen molar-refractivity contribution in [1.29, 1.82) is 0 Å². The standard InChI is InChI=1S/C22H16F4N2.C8H2F4N2O/c1-22(2,3)14-9-12(8-11-6-4-5-7-13(11)14)20-15-16(23)17(24)18(25)19(26)21(15)28-10-27-20;9-3-2-7(13-1-14-8(2)15)6(12)5(11)4(3)10/h4-10H,1-3H3;1H,(H,13,14,15). The average molecular weight is 602 g/mol. The van der Waals surface area contributed by atoms with Crippen molar-refractivity contribution in [3.05, 3.63) is 112 Å². The minimum absolute atomic E-state index is 0.0107. The second-order valence-electron chi connectivity index (χ2n) is 10.4. The quantitative estimate of drug-likeness (QED) is 0.119. The molecule has 0 amide bonds. The van der Waals surface area contributed by atoms with E-state index in [4.69, 9.17) is 0 Å². The van der Waals surface area contributed by atoms with Crippen molar-refractivity contribution in [2.24, 2.45) is 0 Å². The predicted molar refractivity (Wildman–Crippen MR) is 143 cm³/mol. The van der Waals surface area contributed by atoms with Crippen LogP contribution in [0.4, 0.5) is 35.1 Å². The lowest BCUT2D eigenvalue weighted by atomic mass is 9.82. The van der Waals surface area contributed by atoms with E-state index in [0.717, 1.165) is 29.0 Å². The highest BCUT2D eigenvalue weighted by Crippen LogP contribution is 2.37. The molecule has 0 radical (unpaired) electrons. The Morgan fingerprint density at radius 2 is 1.21 bits per heavy atom. The number of halogens is 8. The Morgan fingerprint density at radius 3 is 1.84 bits per heavy atom. The van der Waals surface area contributed by atoms with Crippen LogP contribution in [-0.4, -0.2) is 19.9 Å². The molecule has 0 saturated heterocycles. The molecule has 1 N–H and O–H groups in total. The van der Waals surface area contributed by atoms with E-state index >= 15 is 0 Å². The van der Waals surface area contributed by atoms with E-state index in [1.807, 2.05) is 56.1 Å². The zero-order valence-corrected chi connectivity index (χ0v) is 22.4. The molecule has 5 nitrogen and oxygen atoms in total. The molecule has 0 aliphatic carbocycles. The van der Waals surface area contributed by atoms with Crippen LogP contribution in [0, 0.1) is 46.5 Å². The lowest BCUT2D eigenvalue weighted by Crippen LogP contribution is -2.12. The molecule has 6 aromatic rings. The molecule has 0 fully saturated rings. The van der Waals surface area contributed by atoms with Crippen LogP contribution in [0.2, 0.25) is 0 Å². The molecule has 13 heteroatoms. The Labute approximate surface area is 236 Å². The summed E-state index contributed by atoms with van der Waals surface area (Å²) in [5.41, 5.74) is -1.30. The number of benzene rings is 4. The minimum atomic E-state index is -2.03. The van der Waals surface area contributed by atoms with Crippen LogP contribution >= 0.6 is 0 Å². The van der Waals surface area contributed by atoms with E-state index in [2.05, 4.69) is 15.0 Å². The Morgan fingerprint density at radius 1 is 0.651 bits per heavy atom. The highest BCUT2D eigenvalue weighted by Gasteiger charge is 2.26. The third-order valence-corrected chi connectivity index (χ3v) is 6.65. The lowest BCUT2D eigenvalue weighted by molar-refractivity contribution is 0.416. The molecule has 4 aromatic carbocycles. The molecular weight excluding hydrogens is 584 g/mol. The summed E-state index contributed by atoms with van der Waals surface area (Å²) in [6.07, 6.45) is 1.79. The summed E-state index contributed by atoms with van der Waals surface area (Å²) < 4.78 is 108. The van der Waals surface area contributed by atoms with Gasteiger partial charge in [0.15, 0.2) is 46.5 Å². The topological polar surface area (TPSA) is 71.5 Å². The van der Waals surface area contributed by atoms with Gasteiger partial charge in [-0.15, -0.1) is 0 Å². The average Bonchev–Trinajstić information content (AvgIpc) is 2.99. The Balaban J connectivity index is 0.000000207. The number of nitrogens with zero attached hydrogens (tertiary/aromatic N) is 3. The molecule has 0 aliphatic heterocycles. The zero-order valence-electron chi connectivity index (χ0n) is 22.4. The fourth-order valence-electron chi connectivity index (χ4n) is 4.63. The number of hydrogen-bond acceptors (Lipinski definition) is 4. The molecule has 0 unspecified atom stereocenters. The second kappa shape index (κ2) is 10.7. The largest absolute Gasteiger partial charge is 0.313 e. The SMILES string of the molecule is CC(C)(C)c1cc(-c2ncnc3c(F)c(F)c(F)c(F)c23)cc2ccccc12.O=c1[nH]cnc2c(F)c(F)c(F)c(F)c12. The third kappa shape index (κ3) is 4.94. The summed E-state index contributed by atoms with van der Waals surface area (Å²) in [5.74, 6) is -14.3. The fourth-order valence-corrected chi connectivity index (χ4v) is 4.63. The molecule has 220 valence electrons. The molecule has 0 atom stereocenters. The molecule has 2 heterocycles. The molecular formula is C30H18F8N4O. The first-order valence-electron chi connectivity index (χ1n) is 12.4. The van der Waals surface area contributed by atoms with E-state index < -0.39 is 73.9 Å². The van der Waals surface area contributed by atoms with E-state index in [9.17, 15) is 39.9 Å². The monoisotopic (exact) mass is 602 g/mol. The fraction of sp³-hybridized carbons (Fsp3) is 0.133. The van der Waals surface area contributed by atoms with Gasteiger partial charge in [-0.05, 0) is 33.9 Å². The first-order valence-corrected chi connectivity index (χ1v) is 12.4. The summed E-state index contributed by atoms with van der Waals surface area (Å²) >= 11 is 0. The van der Waals surface area contributed by atoms with Crippen molar-refractivity contribution in [2.45, 2.75) is 26.2 Å². The maximum atomic E-state index is 14.6. The van der Waals surface area contributed by atoms with Crippen molar-refractivity contribution in [3.63, 3.8) is 0 Å². The van der Waals surface area contributed by atoms with Crippen LogP contribution in [0.5, 0.6) is 0 Å². The minimum Gasteiger partial charge on any atom is -0.313 e. The molecule has 0 bridgehead atoms. The number of fused-ring (bicyclic) bond motifs is 3. The first kappa shape index (κ1) is 29.5. The Hall–Kier alpha value is -4.94. The van der Waals surface area contributed by atoms with Crippen LogP contribution in [0.25, 0.3) is 43.8 Å². The van der Waals surface area contributed by atoms with Gasteiger partial charge in [0.05, 0.1) is 17.4 Å². The van der Waals surface area contributed by atoms with E-state index in [1.165, 1.54) is 0 Å². The number of rotatable bonds is 1. The van der Waals surface area contributed by atoms with Crippen LogP contribution in [0.3, 0.4) is 0 Å². The maximum Gasteiger partial charge on any atom is 0.261 e. The van der Waals surface area contributed by atoms with Gasteiger partial charge in [0.25, 0.3) is 5.56 Å². The van der Waals surface area contributed by atoms with Gasteiger partial charge in [0, 0.05) is 5.56 Å². The predicted octanol–water partition coefficient (Wildman–Crippen LogP) is 7.78. The number of hydrogen-bond donors (Lipinski definition) is 1. The summed E-state index contributed by atoms with van der Waals surface area (Å²) in [4.78, 5) is 23.9. The molecule has 0 spiro atoms. The number of aromatic amines is 1. The maximum absolute atomic E-state index is 14.6. The zero-order chi connectivity index (χ0) is 31.4. The van der Waals surface area contributed by atoms with Gasteiger partial charge in [-0.2, -0.15) is 0 Å². The summed E-state index contributed by atoms with van der Waals surface area (Å²) in [5, 5.41) is 0.476. The molecule has 0 aliphatic rings. The van der Waals surface area contributed by atoms with Crippen molar-refractivity contribution in [3.8, 4) is 11.3 Å². The Bertz CT molecular complexity index is 2140.